The summed E-state index contributed by atoms with van der Waals surface area (Å²) < 4.78 is 0. The fourth-order valence-corrected chi connectivity index (χ4v) is 3.98. The van der Waals surface area contributed by atoms with Crippen molar-refractivity contribution < 1.29 is 19.2 Å². The molecule has 3 amide bonds. The van der Waals surface area contributed by atoms with Gasteiger partial charge in [-0.3, -0.25) is 19.3 Å². The Morgan fingerprint density at radius 2 is 2.04 bits per heavy atom. The molecule has 1 aliphatic rings. The number of hydrogen-bond donors (Lipinski definition) is 1. The van der Waals surface area contributed by atoms with Crippen molar-refractivity contribution in [2.24, 2.45) is 0 Å². The number of thioether (sulfide) groups is 1. The van der Waals surface area contributed by atoms with E-state index in [1.54, 1.807) is 0 Å². The number of unbranched alkanes of at least 4 members (excludes halogenated alkanes) is 2. The lowest BCUT2D eigenvalue weighted by molar-refractivity contribution is -0.138. The molecular formula is C16H26BN2O4PS. The second kappa shape index (κ2) is 12.5. The van der Waals surface area contributed by atoms with Crippen molar-refractivity contribution in [1.82, 2.24) is 10.2 Å². The van der Waals surface area contributed by atoms with Gasteiger partial charge >= 0.3 is 0 Å². The van der Waals surface area contributed by atoms with Gasteiger partial charge in [0.05, 0.1) is 10.9 Å². The molecule has 1 saturated heterocycles. The molecule has 25 heavy (non-hydrogen) atoms. The lowest BCUT2D eigenvalue weighted by atomic mass is 10.0. The van der Waals surface area contributed by atoms with Crippen molar-refractivity contribution in [2.45, 2.75) is 43.8 Å². The van der Waals surface area contributed by atoms with E-state index in [9.17, 15) is 19.2 Å². The van der Waals surface area contributed by atoms with Crippen molar-refractivity contribution in [3.8, 4) is 0 Å². The monoisotopic (exact) mass is 384 g/mol. The van der Waals surface area contributed by atoms with Gasteiger partial charge in [0, 0.05) is 38.1 Å². The molecule has 6 nitrogen and oxygen atoms in total. The molecule has 2 radical (unpaired) electrons. The molecule has 1 fully saturated rings. The molecule has 138 valence electrons. The Bertz CT molecular complexity index is 493. The SMILES string of the molecule is [B]C(=O)CCSC1CC(=O)N(CCCCCC(=O)NCCPC)C1=O. The molecule has 1 rings (SSSR count). The van der Waals surface area contributed by atoms with Crippen molar-refractivity contribution in [3.63, 3.8) is 0 Å². The van der Waals surface area contributed by atoms with Crippen LogP contribution in [0.1, 0.15) is 38.5 Å². The van der Waals surface area contributed by atoms with Gasteiger partial charge in [0.25, 0.3) is 0 Å². The van der Waals surface area contributed by atoms with Gasteiger partial charge < -0.3 is 10.1 Å². The highest BCUT2D eigenvalue weighted by Gasteiger charge is 2.38. The Labute approximate surface area is 156 Å². The zero-order chi connectivity index (χ0) is 18.7. The second-order valence-corrected chi connectivity index (χ2v) is 8.45. The van der Waals surface area contributed by atoms with Gasteiger partial charge in [-0.05, 0) is 25.7 Å². The van der Waals surface area contributed by atoms with Crippen LogP contribution in [0.15, 0.2) is 0 Å². The van der Waals surface area contributed by atoms with Gasteiger partial charge in [0.2, 0.25) is 17.7 Å². The van der Waals surface area contributed by atoms with E-state index < -0.39 is 10.9 Å². The minimum Gasteiger partial charge on any atom is -0.356 e. The van der Waals surface area contributed by atoms with Crippen molar-refractivity contribution >= 4 is 51.6 Å². The third kappa shape index (κ3) is 8.86. The fourth-order valence-electron chi connectivity index (χ4n) is 2.47. The summed E-state index contributed by atoms with van der Waals surface area (Å²) in [6.07, 6.45) is 4.18. The smallest absolute Gasteiger partial charge is 0.242 e. The van der Waals surface area contributed by atoms with Crippen molar-refractivity contribution in [1.29, 1.82) is 0 Å². The molecule has 2 atom stereocenters. The first-order valence-electron chi connectivity index (χ1n) is 8.61. The van der Waals surface area contributed by atoms with Crippen molar-refractivity contribution in [2.75, 3.05) is 31.7 Å². The number of imide groups is 1. The Kier molecular flexibility index (Phi) is 11.1. The Balaban J connectivity index is 2.17. The van der Waals surface area contributed by atoms with Crippen LogP contribution in [0.25, 0.3) is 0 Å². The molecule has 0 aromatic rings. The van der Waals surface area contributed by atoms with E-state index in [1.165, 1.54) is 16.7 Å². The third-order valence-corrected chi connectivity index (χ3v) is 5.81. The summed E-state index contributed by atoms with van der Waals surface area (Å²) in [6, 6.07) is 0. The molecule has 0 aromatic carbocycles. The molecule has 0 bridgehead atoms. The van der Waals surface area contributed by atoms with E-state index in [2.05, 4.69) is 12.0 Å². The predicted octanol–water partition coefficient (Wildman–Crippen LogP) is 0.917. The average molecular weight is 384 g/mol. The zero-order valence-electron chi connectivity index (χ0n) is 14.7. The highest BCUT2D eigenvalue weighted by Crippen LogP contribution is 2.26. The van der Waals surface area contributed by atoms with Crippen LogP contribution in [0.4, 0.5) is 0 Å². The van der Waals surface area contributed by atoms with Gasteiger partial charge in [-0.1, -0.05) is 6.42 Å². The number of nitrogens with one attached hydrogen (secondary N) is 1. The summed E-state index contributed by atoms with van der Waals surface area (Å²) in [5.41, 5.74) is -0.403. The Morgan fingerprint density at radius 1 is 1.28 bits per heavy atom. The maximum Gasteiger partial charge on any atom is 0.242 e. The van der Waals surface area contributed by atoms with Gasteiger partial charge in [-0.25, -0.2) is 0 Å². The quantitative estimate of drug-likeness (QED) is 0.221. The molecule has 1 N–H and O–H groups in total. The number of carbonyl (C=O) groups excluding carboxylic acids is 4. The molecule has 9 heteroatoms. The number of amides is 3. The van der Waals surface area contributed by atoms with Crippen LogP contribution in [0.5, 0.6) is 0 Å². The lowest BCUT2D eigenvalue weighted by Crippen LogP contribution is -2.32. The standard InChI is InChI=1S/C16H26BN2O4PS/c1-24-9-7-18-14(21)5-3-2-4-8-19-15(22)11-12(16(19)23)25-10-6-13(17)20/h12,24H,2-11H2,1H3,(H,18,21). The maximum atomic E-state index is 12.2. The fraction of sp³-hybridized carbons (Fsp3) is 0.750. The molecule has 0 aliphatic carbocycles. The molecule has 0 saturated carbocycles. The van der Waals surface area contributed by atoms with E-state index >= 15 is 0 Å². The number of nitrogens with zero attached hydrogens (tertiary/aromatic N) is 1. The summed E-state index contributed by atoms with van der Waals surface area (Å²) in [5.74, 6) is 0.204. The highest BCUT2D eigenvalue weighted by molar-refractivity contribution is 8.00. The maximum absolute atomic E-state index is 12.2. The summed E-state index contributed by atoms with van der Waals surface area (Å²) in [7, 11) is 5.92. The summed E-state index contributed by atoms with van der Waals surface area (Å²) >= 11 is 1.32. The van der Waals surface area contributed by atoms with Crippen LogP contribution < -0.4 is 5.32 Å². The first-order valence-corrected chi connectivity index (χ1v) is 11.4. The van der Waals surface area contributed by atoms with Crippen molar-refractivity contribution in [3.05, 3.63) is 0 Å². The average Bonchev–Trinajstić information content (AvgIpc) is 2.82. The van der Waals surface area contributed by atoms with Crippen LogP contribution in [0.3, 0.4) is 0 Å². The number of likely N-dealkylation sites (tertiary alicyclic amines) is 1. The third-order valence-electron chi connectivity index (χ3n) is 3.85. The van der Waals surface area contributed by atoms with E-state index in [-0.39, 0.29) is 30.6 Å². The van der Waals surface area contributed by atoms with Crippen LogP contribution in [0.2, 0.25) is 0 Å². The molecule has 1 heterocycles. The first kappa shape index (κ1) is 22.2. The molecule has 2 unspecified atom stereocenters. The topological polar surface area (TPSA) is 83.6 Å². The van der Waals surface area contributed by atoms with Gasteiger partial charge in [0.15, 0.2) is 7.85 Å². The van der Waals surface area contributed by atoms with Crippen LogP contribution in [-0.2, 0) is 19.2 Å². The van der Waals surface area contributed by atoms with Crippen LogP contribution >= 0.6 is 20.3 Å². The zero-order valence-corrected chi connectivity index (χ0v) is 16.5. The predicted molar refractivity (Wildman–Crippen MR) is 104 cm³/mol. The summed E-state index contributed by atoms with van der Waals surface area (Å²) in [5, 5.41) is 2.48. The van der Waals surface area contributed by atoms with Gasteiger partial charge in [-0.15, -0.1) is 20.3 Å². The van der Waals surface area contributed by atoms with Gasteiger partial charge in [0.1, 0.15) is 0 Å². The summed E-state index contributed by atoms with van der Waals surface area (Å²) in [6.45, 7) is 3.25. The van der Waals surface area contributed by atoms with Crippen LogP contribution in [-0.4, -0.2) is 73.1 Å². The summed E-state index contributed by atoms with van der Waals surface area (Å²) in [4.78, 5) is 47.8. The number of rotatable bonds is 13. The molecule has 1 aliphatic heterocycles. The second-order valence-electron chi connectivity index (χ2n) is 5.93. The normalized spacial score (nSPS) is 17.6. The van der Waals surface area contributed by atoms with E-state index in [1.807, 2.05) is 0 Å². The van der Waals surface area contributed by atoms with E-state index in [0.29, 0.717) is 25.1 Å². The van der Waals surface area contributed by atoms with E-state index in [4.69, 9.17) is 7.85 Å². The number of carbonyl (C=O) groups is 4. The largest absolute Gasteiger partial charge is 0.356 e. The molecule has 0 spiro atoms. The van der Waals surface area contributed by atoms with E-state index in [0.717, 1.165) is 34.1 Å². The minimum atomic E-state index is -0.403. The minimum absolute atomic E-state index is 0.0671. The Morgan fingerprint density at radius 3 is 2.72 bits per heavy atom. The van der Waals surface area contributed by atoms with Crippen LogP contribution in [0, 0.1) is 0 Å². The molecule has 0 aromatic heterocycles. The lowest BCUT2D eigenvalue weighted by Gasteiger charge is -2.14. The first-order chi connectivity index (χ1) is 12.0. The van der Waals surface area contributed by atoms with Gasteiger partial charge in [-0.2, -0.15) is 0 Å². The Hall–Kier alpha value is -0.875. The molecular weight excluding hydrogens is 358 g/mol. The highest BCUT2D eigenvalue weighted by atomic mass is 32.2. The number of hydrogen-bond acceptors (Lipinski definition) is 5.